The fourth-order valence-corrected chi connectivity index (χ4v) is 2.36. The van der Waals surface area contributed by atoms with E-state index in [0.29, 0.717) is 11.3 Å². The van der Waals surface area contributed by atoms with Gasteiger partial charge in [-0.15, -0.1) is 0 Å². The average Bonchev–Trinajstić information content (AvgIpc) is 2.90. The van der Waals surface area contributed by atoms with Crippen LogP contribution in [0.15, 0.2) is 60.8 Å². The lowest BCUT2D eigenvalue weighted by Crippen LogP contribution is -2.10. The van der Waals surface area contributed by atoms with Crippen LogP contribution in [0.25, 0.3) is 10.9 Å². The predicted octanol–water partition coefficient (Wildman–Crippen LogP) is 3.76. The summed E-state index contributed by atoms with van der Waals surface area (Å²) in [5.41, 5.74) is 2.73. The van der Waals surface area contributed by atoms with Crippen LogP contribution in [0, 0.1) is 0 Å². The molecule has 3 aromatic rings. The van der Waals surface area contributed by atoms with Crippen molar-refractivity contribution in [3.05, 3.63) is 71.9 Å². The standard InChI is InChI=1S/C16H13NOS/c18-16(14-7-5-12(11-19)6-8-14)17-10-9-13-3-1-2-4-15(13)17/h1-10,19H,11H2. The third-order valence-electron chi connectivity index (χ3n) is 3.20. The van der Waals surface area contributed by atoms with Crippen molar-refractivity contribution in [2.24, 2.45) is 0 Å². The number of carbonyl (C=O) groups excluding carboxylic acids is 1. The Balaban J connectivity index is 2.03. The topological polar surface area (TPSA) is 22.0 Å². The summed E-state index contributed by atoms with van der Waals surface area (Å²) < 4.78 is 1.69. The zero-order valence-corrected chi connectivity index (χ0v) is 11.2. The molecule has 0 saturated heterocycles. The van der Waals surface area contributed by atoms with Crippen molar-refractivity contribution in [3.63, 3.8) is 0 Å². The van der Waals surface area contributed by atoms with Gasteiger partial charge < -0.3 is 0 Å². The molecule has 94 valence electrons. The molecule has 0 radical (unpaired) electrons. The van der Waals surface area contributed by atoms with Crippen LogP contribution in [-0.2, 0) is 5.75 Å². The summed E-state index contributed by atoms with van der Waals surface area (Å²) in [5, 5.41) is 1.07. The van der Waals surface area contributed by atoms with E-state index in [2.05, 4.69) is 12.6 Å². The minimum atomic E-state index is -0.00749. The molecular formula is C16H13NOS. The van der Waals surface area contributed by atoms with Crippen molar-refractivity contribution in [1.29, 1.82) is 0 Å². The van der Waals surface area contributed by atoms with Gasteiger partial charge in [0, 0.05) is 22.9 Å². The Labute approximate surface area is 117 Å². The van der Waals surface area contributed by atoms with Crippen molar-refractivity contribution in [2.45, 2.75) is 5.75 Å². The molecule has 0 spiro atoms. The molecule has 1 heterocycles. The SMILES string of the molecule is O=C(c1ccc(CS)cc1)n1ccc2ccccc21. The summed E-state index contributed by atoms with van der Waals surface area (Å²) in [6, 6.07) is 17.4. The second-order valence-corrected chi connectivity index (χ2v) is 4.72. The Hall–Kier alpha value is -2.00. The van der Waals surface area contributed by atoms with Gasteiger partial charge in [-0.1, -0.05) is 30.3 Å². The van der Waals surface area contributed by atoms with Crippen molar-refractivity contribution in [1.82, 2.24) is 4.57 Å². The Bertz CT molecular complexity index is 728. The molecule has 0 aliphatic heterocycles. The van der Waals surface area contributed by atoms with Crippen LogP contribution >= 0.6 is 12.6 Å². The molecule has 2 aromatic carbocycles. The summed E-state index contributed by atoms with van der Waals surface area (Å²) in [6.07, 6.45) is 1.82. The molecule has 19 heavy (non-hydrogen) atoms. The summed E-state index contributed by atoms with van der Waals surface area (Å²) in [4.78, 5) is 12.5. The number of fused-ring (bicyclic) bond motifs is 1. The lowest BCUT2D eigenvalue weighted by atomic mass is 10.1. The first-order valence-electron chi connectivity index (χ1n) is 6.10. The number of carbonyl (C=O) groups is 1. The van der Waals surface area contributed by atoms with Crippen molar-refractivity contribution < 1.29 is 4.79 Å². The van der Waals surface area contributed by atoms with Crippen LogP contribution in [0.4, 0.5) is 0 Å². The minimum absolute atomic E-state index is 0.00749. The highest BCUT2D eigenvalue weighted by Crippen LogP contribution is 2.17. The maximum absolute atomic E-state index is 12.5. The number of rotatable bonds is 2. The normalized spacial score (nSPS) is 10.8. The van der Waals surface area contributed by atoms with Gasteiger partial charge in [0.25, 0.3) is 5.91 Å². The predicted molar refractivity (Wildman–Crippen MR) is 80.8 cm³/mol. The first-order chi connectivity index (χ1) is 9.29. The van der Waals surface area contributed by atoms with Gasteiger partial charge in [0.1, 0.15) is 0 Å². The van der Waals surface area contributed by atoms with Crippen molar-refractivity contribution in [3.8, 4) is 0 Å². The van der Waals surface area contributed by atoms with E-state index in [0.717, 1.165) is 16.5 Å². The Kier molecular flexibility index (Phi) is 3.13. The van der Waals surface area contributed by atoms with Crippen LogP contribution in [0.1, 0.15) is 15.9 Å². The molecule has 3 rings (SSSR count). The van der Waals surface area contributed by atoms with Gasteiger partial charge in [-0.05, 0) is 29.8 Å². The van der Waals surface area contributed by atoms with Crippen LogP contribution < -0.4 is 0 Å². The lowest BCUT2D eigenvalue weighted by molar-refractivity contribution is 0.0965. The molecular weight excluding hydrogens is 254 g/mol. The van der Waals surface area contributed by atoms with Gasteiger partial charge in [-0.2, -0.15) is 12.6 Å². The second kappa shape index (κ2) is 4.94. The molecule has 2 nitrogen and oxygen atoms in total. The zero-order chi connectivity index (χ0) is 13.2. The molecule has 0 aliphatic rings. The molecule has 1 aromatic heterocycles. The monoisotopic (exact) mass is 267 g/mol. The van der Waals surface area contributed by atoms with E-state index >= 15 is 0 Å². The minimum Gasteiger partial charge on any atom is -0.283 e. The number of hydrogen-bond acceptors (Lipinski definition) is 2. The van der Waals surface area contributed by atoms with E-state index in [1.807, 2.05) is 60.8 Å². The molecule has 3 heteroatoms. The average molecular weight is 267 g/mol. The van der Waals surface area contributed by atoms with Gasteiger partial charge in [-0.3, -0.25) is 9.36 Å². The number of thiol groups is 1. The van der Waals surface area contributed by atoms with Gasteiger partial charge in [-0.25, -0.2) is 0 Å². The fraction of sp³-hybridized carbons (Fsp3) is 0.0625. The molecule has 0 N–H and O–H groups in total. The second-order valence-electron chi connectivity index (χ2n) is 4.40. The maximum Gasteiger partial charge on any atom is 0.262 e. The van der Waals surface area contributed by atoms with Gasteiger partial charge in [0.15, 0.2) is 0 Å². The number of para-hydroxylation sites is 1. The van der Waals surface area contributed by atoms with E-state index in [1.54, 1.807) is 4.57 Å². The van der Waals surface area contributed by atoms with Crippen molar-refractivity contribution >= 4 is 29.4 Å². The third-order valence-corrected chi connectivity index (χ3v) is 3.57. The van der Waals surface area contributed by atoms with Crippen LogP contribution in [-0.4, -0.2) is 10.5 Å². The summed E-state index contributed by atoms with van der Waals surface area (Å²) in [5.74, 6) is 0.674. The zero-order valence-electron chi connectivity index (χ0n) is 10.3. The first kappa shape index (κ1) is 12.1. The number of aromatic nitrogens is 1. The Morgan fingerprint density at radius 2 is 1.74 bits per heavy atom. The Morgan fingerprint density at radius 3 is 2.47 bits per heavy atom. The first-order valence-corrected chi connectivity index (χ1v) is 6.73. The molecule has 0 unspecified atom stereocenters. The Morgan fingerprint density at radius 1 is 1.00 bits per heavy atom. The van der Waals surface area contributed by atoms with E-state index in [-0.39, 0.29) is 5.91 Å². The van der Waals surface area contributed by atoms with Crippen LogP contribution in [0.2, 0.25) is 0 Å². The van der Waals surface area contributed by atoms with Gasteiger partial charge in [0.2, 0.25) is 0 Å². The van der Waals surface area contributed by atoms with Gasteiger partial charge in [0.05, 0.1) is 5.52 Å². The summed E-state index contributed by atoms with van der Waals surface area (Å²) >= 11 is 4.21. The van der Waals surface area contributed by atoms with E-state index in [4.69, 9.17) is 0 Å². The van der Waals surface area contributed by atoms with Crippen LogP contribution in [0.5, 0.6) is 0 Å². The van der Waals surface area contributed by atoms with Gasteiger partial charge >= 0.3 is 0 Å². The molecule has 0 atom stereocenters. The van der Waals surface area contributed by atoms with Crippen LogP contribution in [0.3, 0.4) is 0 Å². The highest BCUT2D eigenvalue weighted by molar-refractivity contribution is 7.79. The molecule has 0 amide bonds. The number of hydrogen-bond donors (Lipinski definition) is 1. The highest BCUT2D eigenvalue weighted by atomic mass is 32.1. The summed E-state index contributed by atoms with van der Waals surface area (Å²) in [6.45, 7) is 0. The maximum atomic E-state index is 12.5. The number of nitrogens with zero attached hydrogens (tertiary/aromatic N) is 1. The van der Waals surface area contributed by atoms with Crippen molar-refractivity contribution in [2.75, 3.05) is 0 Å². The summed E-state index contributed by atoms with van der Waals surface area (Å²) in [7, 11) is 0. The molecule has 0 bridgehead atoms. The number of benzene rings is 2. The largest absolute Gasteiger partial charge is 0.283 e. The molecule has 0 aliphatic carbocycles. The highest BCUT2D eigenvalue weighted by Gasteiger charge is 2.10. The molecule has 0 saturated carbocycles. The smallest absolute Gasteiger partial charge is 0.262 e. The van der Waals surface area contributed by atoms with E-state index in [9.17, 15) is 4.79 Å². The van der Waals surface area contributed by atoms with E-state index < -0.39 is 0 Å². The molecule has 0 fully saturated rings. The third kappa shape index (κ3) is 2.17. The quantitative estimate of drug-likeness (QED) is 0.702. The lowest BCUT2D eigenvalue weighted by Gasteiger charge is -2.05. The van der Waals surface area contributed by atoms with E-state index in [1.165, 1.54) is 0 Å². The fourth-order valence-electron chi connectivity index (χ4n) is 2.15.